The molecule has 3 nitrogen and oxygen atoms in total. The molecule has 0 aliphatic rings. The third-order valence-electron chi connectivity index (χ3n) is 2.98. The lowest BCUT2D eigenvalue weighted by molar-refractivity contribution is 0.0771. The van der Waals surface area contributed by atoms with Crippen LogP contribution in [0.2, 0.25) is 5.15 Å². The Hall–Kier alpha value is -2.05. The lowest BCUT2D eigenvalue weighted by atomic mass is 10.1. The first-order valence-corrected chi connectivity index (χ1v) is 6.83. The molecule has 0 fully saturated rings. The zero-order chi connectivity index (χ0) is 14.5. The second-order valence-electron chi connectivity index (χ2n) is 4.45. The molecule has 1 aromatic carbocycles. The molecular formula is C16H15ClN2O. The van der Waals surface area contributed by atoms with Crippen molar-refractivity contribution in [2.24, 2.45) is 0 Å². The minimum Gasteiger partial charge on any atom is -0.326 e. The van der Waals surface area contributed by atoms with Crippen molar-refractivity contribution in [2.75, 3.05) is 13.1 Å². The van der Waals surface area contributed by atoms with Crippen molar-refractivity contribution in [3.8, 4) is 12.3 Å². The van der Waals surface area contributed by atoms with Gasteiger partial charge in [0.1, 0.15) is 10.8 Å². The summed E-state index contributed by atoms with van der Waals surface area (Å²) in [6.07, 6.45) is 6.15. The fourth-order valence-corrected chi connectivity index (χ4v) is 2.32. The van der Waals surface area contributed by atoms with Crippen molar-refractivity contribution in [3.05, 3.63) is 41.2 Å². The smallest absolute Gasteiger partial charge is 0.273 e. The molecule has 0 spiro atoms. The first-order chi connectivity index (χ1) is 9.67. The van der Waals surface area contributed by atoms with E-state index in [9.17, 15) is 4.79 Å². The summed E-state index contributed by atoms with van der Waals surface area (Å²) in [6.45, 7) is 2.88. The Kier molecular flexibility index (Phi) is 4.60. The third kappa shape index (κ3) is 2.92. The Bertz CT molecular complexity index is 676. The van der Waals surface area contributed by atoms with Crippen molar-refractivity contribution in [1.82, 2.24) is 9.88 Å². The number of hydrogen-bond donors (Lipinski definition) is 0. The number of hydrogen-bond acceptors (Lipinski definition) is 2. The molecular weight excluding hydrogens is 272 g/mol. The summed E-state index contributed by atoms with van der Waals surface area (Å²) in [6, 6.07) is 9.33. The molecule has 1 heterocycles. The van der Waals surface area contributed by atoms with E-state index in [1.54, 1.807) is 11.0 Å². The fraction of sp³-hybridized carbons (Fsp3) is 0.250. The van der Waals surface area contributed by atoms with Gasteiger partial charge in [-0.05, 0) is 17.9 Å². The van der Waals surface area contributed by atoms with Crippen LogP contribution in [0.5, 0.6) is 0 Å². The maximum Gasteiger partial charge on any atom is 0.273 e. The number of carbonyl (C=O) groups excluding carboxylic acids is 1. The Labute approximate surface area is 123 Å². The van der Waals surface area contributed by atoms with E-state index in [1.165, 1.54) is 0 Å². The summed E-state index contributed by atoms with van der Waals surface area (Å²) in [5.74, 6) is 2.32. The SMILES string of the molecule is C#CCN(CCC)C(=O)c1cc2ccccc2c(Cl)n1. The van der Waals surface area contributed by atoms with Gasteiger partial charge < -0.3 is 4.90 Å². The van der Waals surface area contributed by atoms with Crippen molar-refractivity contribution >= 4 is 28.3 Å². The largest absolute Gasteiger partial charge is 0.326 e. The van der Waals surface area contributed by atoms with Crippen LogP contribution in [0.4, 0.5) is 0 Å². The van der Waals surface area contributed by atoms with E-state index < -0.39 is 0 Å². The average Bonchev–Trinajstić information content (AvgIpc) is 2.46. The van der Waals surface area contributed by atoms with E-state index in [1.807, 2.05) is 31.2 Å². The van der Waals surface area contributed by atoms with Gasteiger partial charge in [-0.1, -0.05) is 48.7 Å². The van der Waals surface area contributed by atoms with E-state index in [-0.39, 0.29) is 12.5 Å². The molecule has 0 bridgehead atoms. The Morgan fingerprint density at radius 2 is 2.20 bits per heavy atom. The van der Waals surface area contributed by atoms with Crippen molar-refractivity contribution in [3.63, 3.8) is 0 Å². The van der Waals surface area contributed by atoms with E-state index in [4.69, 9.17) is 18.0 Å². The van der Waals surface area contributed by atoms with Crippen LogP contribution in [0.15, 0.2) is 30.3 Å². The van der Waals surface area contributed by atoms with Crippen molar-refractivity contribution < 1.29 is 4.79 Å². The number of fused-ring (bicyclic) bond motifs is 1. The second-order valence-corrected chi connectivity index (χ2v) is 4.81. The van der Waals surface area contributed by atoms with Crippen molar-refractivity contribution in [1.29, 1.82) is 0 Å². The predicted molar refractivity (Wildman–Crippen MR) is 81.8 cm³/mol. The van der Waals surface area contributed by atoms with E-state index >= 15 is 0 Å². The number of amides is 1. The average molecular weight is 287 g/mol. The van der Waals surface area contributed by atoms with Crippen LogP contribution in [-0.4, -0.2) is 28.9 Å². The topological polar surface area (TPSA) is 33.2 Å². The molecule has 0 aliphatic heterocycles. The molecule has 102 valence electrons. The van der Waals surface area contributed by atoms with Gasteiger partial charge in [0.15, 0.2) is 0 Å². The summed E-state index contributed by atoms with van der Waals surface area (Å²) in [5.41, 5.74) is 0.331. The summed E-state index contributed by atoms with van der Waals surface area (Å²) in [7, 11) is 0. The maximum absolute atomic E-state index is 12.4. The van der Waals surface area contributed by atoms with Gasteiger partial charge in [0, 0.05) is 11.9 Å². The third-order valence-corrected chi connectivity index (χ3v) is 3.26. The highest BCUT2D eigenvalue weighted by atomic mass is 35.5. The van der Waals surface area contributed by atoms with Crippen LogP contribution >= 0.6 is 11.6 Å². The van der Waals surface area contributed by atoms with Gasteiger partial charge in [-0.15, -0.1) is 6.42 Å². The van der Waals surface area contributed by atoms with Gasteiger partial charge in [-0.25, -0.2) is 4.98 Å². The van der Waals surface area contributed by atoms with Crippen LogP contribution in [0, 0.1) is 12.3 Å². The molecule has 0 atom stereocenters. The lowest BCUT2D eigenvalue weighted by Crippen LogP contribution is -2.32. The molecule has 0 saturated carbocycles. The molecule has 2 rings (SSSR count). The first kappa shape index (κ1) is 14.4. The zero-order valence-corrected chi connectivity index (χ0v) is 12.0. The monoisotopic (exact) mass is 286 g/mol. The minimum absolute atomic E-state index is 0.183. The summed E-state index contributed by atoms with van der Waals surface area (Å²) >= 11 is 6.14. The second kappa shape index (κ2) is 6.40. The standard InChI is InChI=1S/C16H15ClN2O/c1-3-9-19(10-4-2)16(20)14-11-12-7-5-6-8-13(12)15(17)18-14/h1,5-8,11H,4,9-10H2,2H3. The van der Waals surface area contributed by atoms with Gasteiger partial charge in [0.2, 0.25) is 0 Å². The van der Waals surface area contributed by atoms with Gasteiger partial charge in [-0.3, -0.25) is 4.79 Å². The highest BCUT2D eigenvalue weighted by molar-refractivity contribution is 6.34. The number of rotatable bonds is 4. The molecule has 0 N–H and O–H groups in total. The molecule has 0 saturated heterocycles. The molecule has 0 aliphatic carbocycles. The highest BCUT2D eigenvalue weighted by Crippen LogP contribution is 2.22. The minimum atomic E-state index is -0.183. The number of carbonyl (C=O) groups is 1. The summed E-state index contributed by atoms with van der Waals surface area (Å²) < 4.78 is 0. The Balaban J connectivity index is 2.41. The molecule has 20 heavy (non-hydrogen) atoms. The predicted octanol–water partition coefficient (Wildman–Crippen LogP) is 3.37. The number of nitrogens with zero attached hydrogens (tertiary/aromatic N) is 2. The Morgan fingerprint density at radius 3 is 2.90 bits per heavy atom. The summed E-state index contributed by atoms with van der Waals surface area (Å²) in [5, 5.41) is 2.07. The van der Waals surface area contributed by atoms with Gasteiger partial charge in [0.25, 0.3) is 5.91 Å². The quantitative estimate of drug-likeness (QED) is 0.638. The van der Waals surface area contributed by atoms with Crippen molar-refractivity contribution in [2.45, 2.75) is 13.3 Å². The zero-order valence-electron chi connectivity index (χ0n) is 11.3. The van der Waals surface area contributed by atoms with Crippen LogP contribution in [-0.2, 0) is 0 Å². The Morgan fingerprint density at radius 1 is 1.45 bits per heavy atom. The number of terminal acetylenes is 1. The first-order valence-electron chi connectivity index (χ1n) is 6.45. The number of aromatic nitrogens is 1. The number of halogens is 1. The van der Waals surface area contributed by atoms with Gasteiger partial charge in [-0.2, -0.15) is 0 Å². The number of pyridine rings is 1. The fourth-order valence-electron chi connectivity index (χ4n) is 2.06. The number of benzene rings is 1. The molecule has 1 aromatic heterocycles. The van der Waals surface area contributed by atoms with Crippen LogP contribution in [0.25, 0.3) is 10.8 Å². The molecule has 1 amide bonds. The van der Waals surface area contributed by atoms with Crippen LogP contribution in [0.1, 0.15) is 23.8 Å². The molecule has 4 heteroatoms. The van der Waals surface area contributed by atoms with E-state index in [0.29, 0.717) is 17.4 Å². The summed E-state index contributed by atoms with van der Waals surface area (Å²) in [4.78, 5) is 18.2. The van der Waals surface area contributed by atoms with Crippen LogP contribution in [0.3, 0.4) is 0 Å². The van der Waals surface area contributed by atoms with Crippen LogP contribution < -0.4 is 0 Å². The molecule has 0 unspecified atom stereocenters. The van der Waals surface area contributed by atoms with Gasteiger partial charge >= 0.3 is 0 Å². The van der Waals surface area contributed by atoms with E-state index in [0.717, 1.165) is 17.2 Å². The van der Waals surface area contributed by atoms with Gasteiger partial charge in [0.05, 0.1) is 6.54 Å². The maximum atomic E-state index is 12.4. The molecule has 2 aromatic rings. The normalized spacial score (nSPS) is 10.2. The molecule has 0 radical (unpaired) electrons. The lowest BCUT2D eigenvalue weighted by Gasteiger charge is -2.19. The highest BCUT2D eigenvalue weighted by Gasteiger charge is 2.17. The van der Waals surface area contributed by atoms with E-state index in [2.05, 4.69) is 10.9 Å².